The van der Waals surface area contributed by atoms with Crippen LogP contribution in [-0.2, 0) is 9.53 Å². The van der Waals surface area contributed by atoms with Crippen LogP contribution in [0.15, 0.2) is 12.7 Å². The van der Waals surface area contributed by atoms with Crippen LogP contribution in [0.3, 0.4) is 0 Å². The van der Waals surface area contributed by atoms with Gasteiger partial charge < -0.3 is 9.64 Å². The van der Waals surface area contributed by atoms with E-state index in [1.807, 2.05) is 6.92 Å². The van der Waals surface area contributed by atoms with E-state index in [1.165, 1.54) is 6.08 Å². The van der Waals surface area contributed by atoms with Crippen molar-refractivity contribution in [2.75, 3.05) is 20.2 Å². The van der Waals surface area contributed by atoms with Crippen LogP contribution in [0.2, 0.25) is 0 Å². The summed E-state index contributed by atoms with van der Waals surface area (Å²) in [6.07, 6.45) is 3.38. The zero-order chi connectivity index (χ0) is 9.90. The summed E-state index contributed by atoms with van der Waals surface area (Å²) in [6.45, 7) is 7.01. The van der Waals surface area contributed by atoms with E-state index in [9.17, 15) is 4.79 Å². The van der Waals surface area contributed by atoms with E-state index in [-0.39, 0.29) is 11.5 Å². The van der Waals surface area contributed by atoms with Crippen molar-refractivity contribution in [1.29, 1.82) is 0 Å². The van der Waals surface area contributed by atoms with Crippen molar-refractivity contribution < 1.29 is 9.53 Å². The number of hydrogen-bond acceptors (Lipinski definition) is 2. The molecule has 0 aromatic rings. The Bertz CT molecular complexity index is 215. The summed E-state index contributed by atoms with van der Waals surface area (Å²) in [5, 5.41) is 0. The maximum Gasteiger partial charge on any atom is 0.246 e. The average molecular weight is 183 g/mol. The van der Waals surface area contributed by atoms with Gasteiger partial charge in [-0.2, -0.15) is 0 Å². The Morgan fingerprint density at radius 2 is 2.38 bits per heavy atom. The molecule has 1 atom stereocenters. The van der Waals surface area contributed by atoms with Crippen LogP contribution in [0.4, 0.5) is 0 Å². The van der Waals surface area contributed by atoms with Crippen LogP contribution in [-0.4, -0.2) is 36.6 Å². The Morgan fingerprint density at radius 3 is 2.92 bits per heavy atom. The molecule has 0 aromatic heterocycles. The highest BCUT2D eigenvalue weighted by atomic mass is 16.5. The zero-order valence-electron chi connectivity index (χ0n) is 8.38. The number of piperidine rings is 1. The van der Waals surface area contributed by atoms with Gasteiger partial charge in [-0.25, -0.2) is 0 Å². The van der Waals surface area contributed by atoms with E-state index < -0.39 is 0 Å². The fourth-order valence-electron chi connectivity index (χ4n) is 1.69. The summed E-state index contributed by atoms with van der Waals surface area (Å²) in [4.78, 5) is 13.1. The highest BCUT2D eigenvalue weighted by molar-refractivity contribution is 5.87. The van der Waals surface area contributed by atoms with Crippen molar-refractivity contribution in [2.45, 2.75) is 25.4 Å². The lowest BCUT2D eigenvalue weighted by molar-refractivity contribution is -0.133. The molecule has 0 aromatic carbocycles. The Labute approximate surface area is 79.4 Å². The minimum atomic E-state index is -0.170. The summed E-state index contributed by atoms with van der Waals surface area (Å²) in [5.74, 6) is 0.00275. The molecule has 1 rings (SSSR count). The van der Waals surface area contributed by atoms with Gasteiger partial charge in [0.25, 0.3) is 0 Å². The third-order valence-electron chi connectivity index (χ3n) is 2.64. The topological polar surface area (TPSA) is 29.5 Å². The lowest BCUT2D eigenvalue weighted by Gasteiger charge is -2.39. The number of carbonyl (C=O) groups is 1. The van der Waals surface area contributed by atoms with Crippen LogP contribution >= 0.6 is 0 Å². The molecule has 1 aliphatic heterocycles. The van der Waals surface area contributed by atoms with Crippen LogP contribution in [0.1, 0.15) is 19.8 Å². The van der Waals surface area contributed by atoms with E-state index >= 15 is 0 Å². The minimum absolute atomic E-state index is 0.00275. The van der Waals surface area contributed by atoms with Crippen molar-refractivity contribution in [3.63, 3.8) is 0 Å². The van der Waals surface area contributed by atoms with Gasteiger partial charge in [0.1, 0.15) is 0 Å². The Balaban J connectivity index is 2.61. The second kappa shape index (κ2) is 3.92. The molecule has 1 fully saturated rings. The monoisotopic (exact) mass is 183 g/mol. The van der Waals surface area contributed by atoms with Crippen molar-refractivity contribution in [1.82, 2.24) is 4.90 Å². The molecule has 1 aliphatic rings. The molecule has 1 unspecified atom stereocenters. The molecule has 0 aliphatic carbocycles. The number of likely N-dealkylation sites (tertiary alicyclic amines) is 1. The van der Waals surface area contributed by atoms with Crippen molar-refractivity contribution >= 4 is 5.91 Å². The number of methoxy groups -OCH3 is 1. The van der Waals surface area contributed by atoms with Crippen LogP contribution in [0.5, 0.6) is 0 Å². The molecule has 3 nitrogen and oxygen atoms in total. The number of ether oxygens (including phenoxy) is 1. The SMILES string of the molecule is C=CC(=O)N1CCCC(C)(OC)C1. The molecule has 1 heterocycles. The molecule has 0 saturated carbocycles. The van der Waals surface area contributed by atoms with Gasteiger partial charge in [-0.15, -0.1) is 0 Å². The fraction of sp³-hybridized carbons (Fsp3) is 0.700. The van der Waals surface area contributed by atoms with E-state index in [4.69, 9.17) is 4.74 Å². The number of carbonyl (C=O) groups excluding carboxylic acids is 1. The predicted molar refractivity (Wildman–Crippen MR) is 51.4 cm³/mol. The largest absolute Gasteiger partial charge is 0.377 e. The van der Waals surface area contributed by atoms with Gasteiger partial charge in [0.05, 0.1) is 5.60 Å². The molecule has 0 bridgehead atoms. The van der Waals surface area contributed by atoms with Crippen LogP contribution in [0.25, 0.3) is 0 Å². The summed E-state index contributed by atoms with van der Waals surface area (Å²) in [5.41, 5.74) is -0.170. The molecular formula is C10H17NO2. The van der Waals surface area contributed by atoms with Gasteiger partial charge in [-0.05, 0) is 25.8 Å². The zero-order valence-corrected chi connectivity index (χ0v) is 8.38. The summed E-state index contributed by atoms with van der Waals surface area (Å²) in [6, 6.07) is 0. The Morgan fingerprint density at radius 1 is 1.69 bits per heavy atom. The molecule has 13 heavy (non-hydrogen) atoms. The van der Waals surface area contributed by atoms with E-state index in [0.717, 1.165) is 19.4 Å². The van der Waals surface area contributed by atoms with Crippen molar-refractivity contribution in [3.05, 3.63) is 12.7 Å². The number of rotatable bonds is 2. The molecule has 0 N–H and O–H groups in total. The van der Waals surface area contributed by atoms with Gasteiger partial charge in [0.2, 0.25) is 5.91 Å². The molecule has 0 spiro atoms. The van der Waals surface area contributed by atoms with Crippen molar-refractivity contribution in [2.24, 2.45) is 0 Å². The Hall–Kier alpha value is -0.830. The molecular weight excluding hydrogens is 166 g/mol. The first-order valence-corrected chi connectivity index (χ1v) is 4.58. The third-order valence-corrected chi connectivity index (χ3v) is 2.64. The smallest absolute Gasteiger partial charge is 0.246 e. The first kappa shape index (κ1) is 10.3. The molecule has 3 heteroatoms. The van der Waals surface area contributed by atoms with E-state index in [2.05, 4.69) is 6.58 Å². The summed E-state index contributed by atoms with van der Waals surface area (Å²) >= 11 is 0. The molecule has 1 amide bonds. The molecule has 74 valence electrons. The average Bonchev–Trinajstić information content (AvgIpc) is 2.17. The van der Waals surface area contributed by atoms with Crippen LogP contribution < -0.4 is 0 Å². The van der Waals surface area contributed by atoms with Gasteiger partial charge in [0.15, 0.2) is 0 Å². The summed E-state index contributed by atoms with van der Waals surface area (Å²) in [7, 11) is 1.70. The second-order valence-corrected chi connectivity index (χ2v) is 3.72. The maximum atomic E-state index is 11.3. The maximum absolute atomic E-state index is 11.3. The second-order valence-electron chi connectivity index (χ2n) is 3.72. The quantitative estimate of drug-likeness (QED) is 0.602. The standard InChI is InChI=1S/C10H17NO2/c1-4-9(12)11-7-5-6-10(2,8-11)13-3/h4H,1,5-8H2,2-3H3. The summed E-state index contributed by atoms with van der Waals surface area (Å²) < 4.78 is 5.38. The number of hydrogen-bond donors (Lipinski definition) is 0. The molecule has 1 saturated heterocycles. The van der Waals surface area contributed by atoms with Gasteiger partial charge in [-0.1, -0.05) is 6.58 Å². The number of nitrogens with zero attached hydrogens (tertiary/aromatic N) is 1. The predicted octanol–water partition coefficient (Wildman–Crippen LogP) is 1.20. The van der Waals surface area contributed by atoms with Gasteiger partial charge in [0, 0.05) is 20.2 Å². The highest BCUT2D eigenvalue weighted by Gasteiger charge is 2.31. The normalized spacial score (nSPS) is 28.6. The molecule has 0 radical (unpaired) electrons. The minimum Gasteiger partial charge on any atom is -0.377 e. The van der Waals surface area contributed by atoms with Gasteiger partial charge in [-0.3, -0.25) is 4.79 Å². The lowest BCUT2D eigenvalue weighted by atomic mass is 9.95. The highest BCUT2D eigenvalue weighted by Crippen LogP contribution is 2.23. The number of amides is 1. The lowest BCUT2D eigenvalue weighted by Crippen LogP contribution is -2.49. The Kier molecular flexibility index (Phi) is 3.09. The first-order valence-electron chi connectivity index (χ1n) is 4.58. The fourth-order valence-corrected chi connectivity index (χ4v) is 1.69. The first-order chi connectivity index (χ1) is 6.11. The van der Waals surface area contributed by atoms with E-state index in [0.29, 0.717) is 6.54 Å². The van der Waals surface area contributed by atoms with E-state index in [1.54, 1.807) is 12.0 Å². The van der Waals surface area contributed by atoms with Gasteiger partial charge >= 0.3 is 0 Å². The van der Waals surface area contributed by atoms with Crippen LogP contribution in [0, 0.1) is 0 Å². The third kappa shape index (κ3) is 2.31. The van der Waals surface area contributed by atoms with Crippen molar-refractivity contribution in [3.8, 4) is 0 Å².